The molecule has 3 rings (SSSR count). The Morgan fingerprint density at radius 2 is 1.85 bits per heavy atom. The molecule has 0 spiro atoms. The highest BCUT2D eigenvalue weighted by Gasteiger charge is 2.29. The second-order valence-corrected chi connectivity index (χ2v) is 8.79. The van der Waals surface area contributed by atoms with Gasteiger partial charge in [0, 0.05) is 30.8 Å². The molecule has 0 saturated carbocycles. The van der Waals surface area contributed by atoms with Crippen LogP contribution in [0.25, 0.3) is 0 Å². The van der Waals surface area contributed by atoms with Crippen LogP contribution in [0.15, 0.2) is 41.3 Å². The minimum atomic E-state index is -3.46. The Balaban J connectivity index is 1.53. The maximum atomic E-state index is 12.4. The monoisotopic (exact) mass is 389 g/mol. The van der Waals surface area contributed by atoms with E-state index in [4.69, 9.17) is 4.74 Å². The molecule has 0 aliphatic carbocycles. The molecule has 7 nitrogen and oxygen atoms in total. The van der Waals surface area contributed by atoms with Crippen LogP contribution in [0.2, 0.25) is 0 Å². The number of aromatic nitrogens is 2. The van der Waals surface area contributed by atoms with Crippen LogP contribution < -0.4 is 4.74 Å². The molecule has 2 aromatic rings. The fourth-order valence-corrected chi connectivity index (χ4v) is 4.32. The molecule has 144 valence electrons. The number of hydrogen-bond acceptors (Lipinski definition) is 6. The molecule has 0 bridgehead atoms. The zero-order chi connectivity index (χ0) is 19.4. The minimum absolute atomic E-state index is 0.0377. The van der Waals surface area contributed by atoms with E-state index in [1.807, 2.05) is 19.9 Å². The Morgan fingerprint density at radius 3 is 2.52 bits per heavy atom. The number of rotatable bonds is 6. The van der Waals surface area contributed by atoms with Gasteiger partial charge in [0.2, 0.25) is 5.91 Å². The van der Waals surface area contributed by atoms with Gasteiger partial charge < -0.3 is 9.64 Å². The predicted molar refractivity (Wildman–Crippen MR) is 100 cm³/mol. The van der Waals surface area contributed by atoms with Crippen LogP contribution in [0.4, 0.5) is 0 Å². The Morgan fingerprint density at radius 1 is 1.19 bits per heavy atom. The van der Waals surface area contributed by atoms with Crippen molar-refractivity contribution < 1.29 is 17.9 Å². The van der Waals surface area contributed by atoms with Crippen LogP contribution in [0.3, 0.4) is 0 Å². The quantitative estimate of drug-likeness (QED) is 0.750. The number of sulfone groups is 1. The highest BCUT2D eigenvalue weighted by Crippen LogP contribution is 2.18. The predicted octanol–water partition coefficient (Wildman–Crippen LogP) is 1.94. The molecule has 8 heteroatoms. The highest BCUT2D eigenvalue weighted by atomic mass is 32.2. The fraction of sp³-hybridized carbons (Fsp3) is 0.421. The lowest BCUT2D eigenvalue weighted by Crippen LogP contribution is -2.32. The first kappa shape index (κ1) is 19.3. The molecule has 1 atom stereocenters. The van der Waals surface area contributed by atoms with Gasteiger partial charge in [-0.1, -0.05) is 18.2 Å². The van der Waals surface area contributed by atoms with E-state index >= 15 is 0 Å². The third kappa shape index (κ3) is 5.03. The van der Waals surface area contributed by atoms with Crippen molar-refractivity contribution in [3.05, 3.63) is 47.8 Å². The number of aryl methyl sites for hydroxylation is 2. The van der Waals surface area contributed by atoms with E-state index in [1.54, 1.807) is 35.2 Å². The number of hydrogen-bond donors (Lipinski definition) is 0. The Kier molecular flexibility index (Phi) is 5.74. The van der Waals surface area contributed by atoms with E-state index < -0.39 is 9.84 Å². The summed E-state index contributed by atoms with van der Waals surface area (Å²) in [5.74, 6) is -0.375. The van der Waals surface area contributed by atoms with E-state index in [0.717, 1.165) is 11.4 Å². The molecule has 1 aliphatic heterocycles. The molecule has 27 heavy (non-hydrogen) atoms. The number of benzene rings is 1. The molecular formula is C19H23N3O4S. The first-order chi connectivity index (χ1) is 12.8. The van der Waals surface area contributed by atoms with E-state index in [9.17, 15) is 13.2 Å². The van der Waals surface area contributed by atoms with E-state index in [-0.39, 0.29) is 29.1 Å². The van der Waals surface area contributed by atoms with Crippen LogP contribution >= 0.6 is 0 Å². The molecule has 0 radical (unpaired) electrons. The fourth-order valence-electron chi connectivity index (χ4n) is 3.07. The molecule has 1 aromatic carbocycles. The van der Waals surface area contributed by atoms with Crippen LogP contribution in [0.1, 0.15) is 24.2 Å². The van der Waals surface area contributed by atoms with E-state index in [1.165, 1.54) is 0 Å². The van der Waals surface area contributed by atoms with Gasteiger partial charge in [-0.25, -0.2) is 18.4 Å². The van der Waals surface area contributed by atoms with Crippen LogP contribution in [-0.2, 0) is 14.6 Å². The molecule has 1 aliphatic rings. The topological polar surface area (TPSA) is 89.5 Å². The van der Waals surface area contributed by atoms with E-state index in [0.29, 0.717) is 25.5 Å². The van der Waals surface area contributed by atoms with Gasteiger partial charge in [-0.2, -0.15) is 0 Å². The van der Waals surface area contributed by atoms with Crippen LogP contribution in [0.5, 0.6) is 6.01 Å². The normalized spacial score (nSPS) is 17.1. The average Bonchev–Trinajstić information content (AvgIpc) is 3.08. The molecule has 0 N–H and O–H groups in total. The van der Waals surface area contributed by atoms with Gasteiger partial charge in [-0.15, -0.1) is 0 Å². The molecule has 1 saturated heterocycles. The summed E-state index contributed by atoms with van der Waals surface area (Å²) in [6, 6.07) is 10.4. The summed E-state index contributed by atoms with van der Waals surface area (Å²) in [6.07, 6.45) is 0.457. The lowest BCUT2D eigenvalue weighted by atomic mass is 10.3. The van der Waals surface area contributed by atoms with Crippen LogP contribution in [0, 0.1) is 13.8 Å². The summed E-state index contributed by atoms with van der Waals surface area (Å²) in [4.78, 5) is 22.8. The smallest absolute Gasteiger partial charge is 0.317 e. The maximum Gasteiger partial charge on any atom is 0.317 e. The van der Waals surface area contributed by atoms with Crippen molar-refractivity contribution in [3.63, 3.8) is 0 Å². The zero-order valence-electron chi connectivity index (χ0n) is 15.5. The SMILES string of the molecule is Cc1cc(C)nc(O[C@@H]2CCN(C(=O)CCS(=O)(=O)c3ccccc3)C2)n1. The highest BCUT2D eigenvalue weighted by molar-refractivity contribution is 7.91. The van der Waals surface area contributed by atoms with Crippen molar-refractivity contribution in [2.45, 2.75) is 37.7 Å². The second kappa shape index (κ2) is 8.04. The Bertz CT molecular complexity index is 896. The van der Waals surface area contributed by atoms with Crippen LogP contribution in [-0.4, -0.2) is 54.1 Å². The summed E-state index contributed by atoms with van der Waals surface area (Å²) >= 11 is 0. The van der Waals surface area contributed by atoms with Crippen molar-refractivity contribution in [1.29, 1.82) is 0 Å². The molecular weight excluding hydrogens is 366 g/mol. The van der Waals surface area contributed by atoms with Gasteiger partial charge in [0.1, 0.15) is 6.10 Å². The lowest BCUT2D eigenvalue weighted by molar-refractivity contribution is -0.130. The summed E-state index contributed by atoms with van der Waals surface area (Å²) in [7, 11) is -3.46. The van der Waals surface area contributed by atoms with Crippen molar-refractivity contribution in [2.75, 3.05) is 18.8 Å². The summed E-state index contributed by atoms with van der Waals surface area (Å²) in [6.45, 7) is 4.71. The van der Waals surface area contributed by atoms with Gasteiger partial charge in [0.15, 0.2) is 9.84 Å². The van der Waals surface area contributed by atoms with Gasteiger partial charge in [-0.3, -0.25) is 4.79 Å². The molecule has 2 heterocycles. The summed E-state index contributed by atoms with van der Waals surface area (Å²) in [5, 5.41) is 0. The Labute approximate surface area is 159 Å². The number of likely N-dealkylation sites (tertiary alicyclic amines) is 1. The summed E-state index contributed by atoms with van der Waals surface area (Å²) < 4.78 is 30.4. The summed E-state index contributed by atoms with van der Waals surface area (Å²) in [5.41, 5.74) is 1.66. The molecule has 1 aromatic heterocycles. The van der Waals surface area contributed by atoms with Gasteiger partial charge in [-0.05, 0) is 32.0 Å². The zero-order valence-corrected chi connectivity index (χ0v) is 16.3. The number of carbonyl (C=O) groups is 1. The van der Waals surface area contributed by atoms with Crippen molar-refractivity contribution in [3.8, 4) is 6.01 Å². The van der Waals surface area contributed by atoms with Gasteiger partial charge in [0.25, 0.3) is 0 Å². The first-order valence-corrected chi connectivity index (χ1v) is 10.5. The van der Waals surface area contributed by atoms with Crippen molar-refractivity contribution in [2.24, 2.45) is 0 Å². The minimum Gasteiger partial charge on any atom is -0.458 e. The van der Waals surface area contributed by atoms with Gasteiger partial charge in [0.05, 0.1) is 17.2 Å². The average molecular weight is 389 g/mol. The third-order valence-electron chi connectivity index (χ3n) is 4.42. The number of nitrogens with zero attached hydrogens (tertiary/aromatic N) is 3. The van der Waals surface area contributed by atoms with Crippen molar-refractivity contribution in [1.82, 2.24) is 14.9 Å². The van der Waals surface area contributed by atoms with E-state index in [2.05, 4.69) is 9.97 Å². The third-order valence-corrected chi connectivity index (χ3v) is 6.15. The number of carbonyl (C=O) groups excluding carboxylic acids is 1. The standard InChI is InChI=1S/C19H23N3O4S/c1-14-12-15(2)21-19(20-14)26-16-8-10-22(13-16)18(23)9-11-27(24,25)17-6-4-3-5-7-17/h3-7,12,16H,8-11,13H2,1-2H3/t16-/m1/s1. The molecule has 0 unspecified atom stereocenters. The lowest BCUT2D eigenvalue weighted by Gasteiger charge is -2.17. The number of amides is 1. The molecule has 1 fully saturated rings. The van der Waals surface area contributed by atoms with Gasteiger partial charge >= 0.3 is 6.01 Å². The number of ether oxygens (including phenoxy) is 1. The first-order valence-electron chi connectivity index (χ1n) is 8.88. The largest absolute Gasteiger partial charge is 0.458 e. The second-order valence-electron chi connectivity index (χ2n) is 6.68. The Hall–Kier alpha value is -2.48. The maximum absolute atomic E-state index is 12.4. The van der Waals surface area contributed by atoms with Crippen molar-refractivity contribution >= 4 is 15.7 Å². The molecule has 1 amide bonds.